The van der Waals surface area contributed by atoms with Crippen molar-refractivity contribution < 1.29 is 0 Å². The van der Waals surface area contributed by atoms with Crippen molar-refractivity contribution in [3.05, 3.63) is 24.3 Å². The standard InChI is InChI=1S/C6H6I2N2S2/c7-11-9-5-3-1-2-4-6(5)10-12-8/h1-4,9-10H. The number of benzene rings is 1. The van der Waals surface area contributed by atoms with Gasteiger partial charge in [0.05, 0.1) is 11.4 Å². The molecule has 0 aliphatic rings. The lowest BCUT2D eigenvalue weighted by atomic mass is 10.3. The molecule has 6 heteroatoms. The molecule has 0 spiro atoms. The number of hydrogen-bond donors (Lipinski definition) is 2. The fourth-order valence-corrected chi connectivity index (χ4v) is 2.69. The van der Waals surface area contributed by atoms with E-state index in [1.807, 2.05) is 24.3 Å². The van der Waals surface area contributed by atoms with Crippen LogP contribution in [0.3, 0.4) is 0 Å². The molecule has 1 aromatic rings. The molecule has 0 unspecified atom stereocenters. The number of nitrogens with one attached hydrogen (secondary N) is 2. The van der Waals surface area contributed by atoms with E-state index in [-0.39, 0.29) is 0 Å². The van der Waals surface area contributed by atoms with Gasteiger partial charge in [0.2, 0.25) is 0 Å². The van der Waals surface area contributed by atoms with Crippen LogP contribution in [0.5, 0.6) is 0 Å². The molecule has 0 atom stereocenters. The Labute approximate surface area is 104 Å². The van der Waals surface area contributed by atoms with E-state index in [1.54, 1.807) is 18.2 Å². The van der Waals surface area contributed by atoms with E-state index in [2.05, 4.69) is 51.9 Å². The number of para-hydroxylation sites is 2. The van der Waals surface area contributed by atoms with E-state index in [1.165, 1.54) is 0 Å². The molecule has 2 N–H and O–H groups in total. The van der Waals surface area contributed by atoms with Crippen molar-refractivity contribution in [2.24, 2.45) is 0 Å². The van der Waals surface area contributed by atoms with Gasteiger partial charge in [-0.05, 0) is 12.1 Å². The minimum absolute atomic E-state index is 1.11. The molecule has 0 saturated heterocycles. The highest BCUT2D eigenvalue weighted by atomic mass is 127. The maximum Gasteiger partial charge on any atom is 0.0689 e. The van der Waals surface area contributed by atoms with E-state index in [9.17, 15) is 0 Å². The number of anilines is 2. The second-order valence-electron chi connectivity index (χ2n) is 1.90. The van der Waals surface area contributed by atoms with Crippen molar-refractivity contribution >= 4 is 72.0 Å². The highest BCUT2D eigenvalue weighted by Crippen LogP contribution is 2.29. The maximum absolute atomic E-state index is 3.19. The predicted octanol–water partition coefficient (Wildman–Crippen LogP) is 4.51. The summed E-state index contributed by atoms with van der Waals surface area (Å²) in [6.07, 6.45) is 0. The van der Waals surface area contributed by atoms with Crippen LogP contribution in [0.2, 0.25) is 0 Å². The van der Waals surface area contributed by atoms with Crippen LogP contribution in [-0.4, -0.2) is 0 Å². The van der Waals surface area contributed by atoms with Gasteiger partial charge in [0.15, 0.2) is 0 Å². The van der Waals surface area contributed by atoms with Crippen LogP contribution < -0.4 is 9.44 Å². The third-order valence-corrected chi connectivity index (χ3v) is 3.14. The smallest absolute Gasteiger partial charge is 0.0689 e. The molecule has 0 aliphatic heterocycles. The first-order valence-electron chi connectivity index (χ1n) is 3.04. The molecule has 66 valence electrons. The van der Waals surface area contributed by atoms with Crippen LogP contribution >= 0.6 is 60.6 Å². The topological polar surface area (TPSA) is 24.1 Å². The Hall–Kier alpha value is 0.980. The summed E-state index contributed by atoms with van der Waals surface area (Å²) in [6, 6.07) is 8.11. The van der Waals surface area contributed by atoms with Crippen molar-refractivity contribution in [2.45, 2.75) is 0 Å². The molecule has 0 radical (unpaired) electrons. The molecule has 0 saturated carbocycles. The Balaban J connectivity index is 2.77. The third kappa shape index (κ3) is 3.38. The van der Waals surface area contributed by atoms with Crippen molar-refractivity contribution in [3.63, 3.8) is 0 Å². The largest absolute Gasteiger partial charge is 0.319 e. The molecule has 0 amide bonds. The van der Waals surface area contributed by atoms with E-state index in [0.717, 1.165) is 11.4 Å². The van der Waals surface area contributed by atoms with Gasteiger partial charge >= 0.3 is 0 Å². The van der Waals surface area contributed by atoms with Crippen molar-refractivity contribution in [2.75, 3.05) is 9.44 Å². The highest BCUT2D eigenvalue weighted by molar-refractivity contribution is 14.2. The van der Waals surface area contributed by atoms with Gasteiger partial charge in [-0.1, -0.05) is 12.1 Å². The van der Waals surface area contributed by atoms with Gasteiger partial charge in [0, 0.05) is 60.6 Å². The lowest BCUT2D eigenvalue weighted by Crippen LogP contribution is -1.89. The zero-order valence-electron chi connectivity index (χ0n) is 5.88. The maximum atomic E-state index is 3.19. The molecule has 0 bridgehead atoms. The molecule has 1 aromatic carbocycles. The minimum Gasteiger partial charge on any atom is -0.319 e. The first-order chi connectivity index (χ1) is 5.88. The van der Waals surface area contributed by atoms with Crippen molar-refractivity contribution in [1.82, 2.24) is 0 Å². The summed E-state index contributed by atoms with van der Waals surface area (Å²) in [5.74, 6) is 0. The van der Waals surface area contributed by atoms with Crippen LogP contribution in [0.1, 0.15) is 0 Å². The van der Waals surface area contributed by atoms with Crippen LogP contribution in [0, 0.1) is 0 Å². The van der Waals surface area contributed by atoms with Crippen LogP contribution in [0.4, 0.5) is 11.4 Å². The summed E-state index contributed by atoms with van der Waals surface area (Å²) in [6.45, 7) is 0. The predicted molar refractivity (Wildman–Crippen MR) is 76.9 cm³/mol. The van der Waals surface area contributed by atoms with E-state index in [4.69, 9.17) is 0 Å². The van der Waals surface area contributed by atoms with Gasteiger partial charge in [-0.2, -0.15) is 0 Å². The second kappa shape index (κ2) is 6.44. The average Bonchev–Trinajstić information content (AvgIpc) is 2.09. The summed E-state index contributed by atoms with van der Waals surface area (Å²) in [4.78, 5) is 0. The third-order valence-electron chi connectivity index (χ3n) is 1.22. The number of halogens is 2. The Kier molecular flexibility index (Phi) is 5.93. The van der Waals surface area contributed by atoms with Crippen LogP contribution in [0.15, 0.2) is 24.3 Å². The lowest BCUT2D eigenvalue weighted by molar-refractivity contribution is 1.67. The Bertz CT molecular complexity index is 222. The Morgan fingerprint density at radius 3 is 1.67 bits per heavy atom. The second-order valence-corrected chi connectivity index (χ2v) is 5.26. The molecular formula is C6H6I2N2S2. The van der Waals surface area contributed by atoms with Gasteiger partial charge in [-0.3, -0.25) is 0 Å². The molecule has 0 aromatic heterocycles. The minimum atomic E-state index is 1.11. The van der Waals surface area contributed by atoms with Crippen LogP contribution in [-0.2, 0) is 0 Å². The van der Waals surface area contributed by atoms with Gasteiger partial charge in [0.25, 0.3) is 0 Å². The zero-order chi connectivity index (χ0) is 8.81. The molecule has 1 rings (SSSR count). The Morgan fingerprint density at radius 1 is 0.917 bits per heavy atom. The molecule has 0 fully saturated rings. The summed E-state index contributed by atoms with van der Waals surface area (Å²) in [5, 5.41) is 0. The fourth-order valence-electron chi connectivity index (χ4n) is 0.744. The normalized spacial score (nSPS) is 9.50. The molecule has 12 heavy (non-hydrogen) atoms. The van der Waals surface area contributed by atoms with Crippen LogP contribution in [0.25, 0.3) is 0 Å². The average molecular weight is 424 g/mol. The summed E-state index contributed by atoms with van der Waals surface area (Å²) < 4.78 is 6.37. The molecule has 0 heterocycles. The lowest BCUT2D eigenvalue weighted by Gasteiger charge is -2.07. The van der Waals surface area contributed by atoms with Crippen molar-refractivity contribution in [1.29, 1.82) is 0 Å². The fraction of sp³-hybridized carbons (Fsp3) is 0. The molecule has 0 aliphatic carbocycles. The highest BCUT2D eigenvalue weighted by Gasteiger charge is 1.98. The first kappa shape index (κ1) is 11.1. The van der Waals surface area contributed by atoms with Gasteiger partial charge in [0.1, 0.15) is 0 Å². The summed E-state index contributed by atoms with van der Waals surface area (Å²) in [7, 11) is 3.13. The van der Waals surface area contributed by atoms with Gasteiger partial charge in [-0.25, -0.2) is 0 Å². The zero-order valence-corrected chi connectivity index (χ0v) is 11.8. The van der Waals surface area contributed by atoms with Gasteiger partial charge in [-0.15, -0.1) is 0 Å². The van der Waals surface area contributed by atoms with E-state index in [0.29, 0.717) is 0 Å². The molecular weight excluding hydrogens is 418 g/mol. The number of hydrogen-bond acceptors (Lipinski definition) is 4. The molecule has 2 nitrogen and oxygen atoms in total. The van der Waals surface area contributed by atoms with E-state index >= 15 is 0 Å². The summed E-state index contributed by atoms with van der Waals surface area (Å²) in [5.41, 5.74) is 2.22. The summed E-state index contributed by atoms with van der Waals surface area (Å²) >= 11 is 4.41. The van der Waals surface area contributed by atoms with Crippen molar-refractivity contribution in [3.8, 4) is 0 Å². The SMILES string of the molecule is ISNc1ccccc1NSI. The Morgan fingerprint density at radius 2 is 1.33 bits per heavy atom. The van der Waals surface area contributed by atoms with E-state index < -0.39 is 0 Å². The quantitative estimate of drug-likeness (QED) is 0.549. The van der Waals surface area contributed by atoms with Gasteiger partial charge < -0.3 is 9.44 Å². The monoisotopic (exact) mass is 424 g/mol. The number of rotatable bonds is 4. The first-order valence-corrected chi connectivity index (χ1v) is 9.76.